The van der Waals surface area contributed by atoms with Crippen molar-refractivity contribution < 1.29 is 10.2 Å². The predicted molar refractivity (Wildman–Crippen MR) is 40.9 cm³/mol. The summed E-state index contributed by atoms with van der Waals surface area (Å²) in [5.41, 5.74) is 0.0383. The Labute approximate surface area is 69.4 Å². The van der Waals surface area contributed by atoms with Crippen LogP contribution in [-0.4, -0.2) is 7.02 Å². The van der Waals surface area contributed by atoms with Crippen molar-refractivity contribution in [1.29, 1.82) is 0 Å². The van der Waals surface area contributed by atoms with E-state index in [0.717, 1.165) is 6.07 Å². The lowest BCUT2D eigenvalue weighted by molar-refractivity contribution is 0.586. The van der Waals surface area contributed by atoms with Crippen LogP contribution in [0.15, 0.2) is 12.1 Å². The molecule has 1 rings (SSSR count). The minimum Gasteiger partial charge on any atom is -0.386 e. The molecule has 0 amide bonds. The van der Waals surface area contributed by atoms with Gasteiger partial charge in [-0.3, -0.25) is 0 Å². The van der Waals surface area contributed by atoms with Gasteiger partial charge in [0.05, 0.1) is 5.69 Å². The summed E-state index contributed by atoms with van der Waals surface area (Å²) in [6, 6.07) is 2.24. The van der Waals surface area contributed by atoms with Gasteiger partial charge in [-0.05, 0) is 12.1 Å². The Bertz CT molecular complexity index is 293. The van der Waals surface area contributed by atoms with Gasteiger partial charge in [0.1, 0.15) is 10.8 Å². The lowest BCUT2D eigenvalue weighted by atomic mass is 10.3. The molecule has 0 aliphatic rings. The second-order valence-electron chi connectivity index (χ2n) is 1.90. The second kappa shape index (κ2) is 3.05. The Kier molecular flexibility index (Phi) is 1.90. The van der Waals surface area contributed by atoms with Gasteiger partial charge in [-0.2, -0.15) is 0 Å². The van der Waals surface area contributed by atoms with E-state index in [2.05, 4.69) is 5.32 Å². The van der Waals surface area contributed by atoms with Crippen LogP contribution < -0.4 is 5.32 Å². The maximum absolute atomic E-state index is 12.9. The molecule has 4 heteroatoms. The minimum atomic E-state index is -0.857. The molecule has 11 heavy (non-hydrogen) atoms. The number of halogens is 3. The summed E-state index contributed by atoms with van der Waals surface area (Å²) in [6.07, 6.45) is 0. The van der Waals surface area contributed by atoms with Crippen molar-refractivity contribution in [3.8, 4) is 0 Å². The zero-order chi connectivity index (χ0) is 9.14. The lowest BCUT2D eigenvalue weighted by Gasteiger charge is -2.02. The van der Waals surface area contributed by atoms with Crippen LogP contribution in [-0.2, 0) is 0 Å². The van der Waals surface area contributed by atoms with Crippen LogP contribution >= 0.6 is 11.6 Å². The first kappa shape index (κ1) is 6.85. The number of rotatable bonds is 1. The van der Waals surface area contributed by atoms with Crippen molar-refractivity contribution in [1.82, 2.24) is 0 Å². The molecule has 1 aromatic rings. The predicted octanol–water partition coefficient (Wildman–Crippen LogP) is 2.66. The van der Waals surface area contributed by atoms with Gasteiger partial charge in [0.2, 0.25) is 0 Å². The van der Waals surface area contributed by atoms with Gasteiger partial charge in [0, 0.05) is 8.39 Å². The van der Waals surface area contributed by atoms with Crippen LogP contribution in [0.3, 0.4) is 0 Å². The molecule has 0 aliphatic carbocycles. The van der Waals surface area contributed by atoms with Gasteiger partial charge < -0.3 is 5.32 Å². The summed E-state index contributed by atoms with van der Waals surface area (Å²) < 4.78 is 32.2. The van der Waals surface area contributed by atoms with Gasteiger partial charge in [-0.25, -0.2) is 8.78 Å². The monoisotopic (exact) mass is 178 g/mol. The first-order valence-corrected chi connectivity index (χ1v) is 3.21. The molecule has 0 radical (unpaired) electrons. The van der Waals surface area contributed by atoms with E-state index < -0.39 is 16.7 Å². The van der Waals surface area contributed by atoms with Crippen molar-refractivity contribution in [2.75, 3.05) is 12.3 Å². The van der Waals surface area contributed by atoms with Crippen LogP contribution in [0.2, 0.25) is 5.02 Å². The maximum atomic E-state index is 12.9. The molecule has 1 nitrogen and oxygen atoms in total. The van der Waals surface area contributed by atoms with Crippen LogP contribution in [0.5, 0.6) is 0 Å². The molecule has 0 aliphatic heterocycles. The summed E-state index contributed by atoms with van der Waals surface area (Å²) in [5, 5.41) is 1.84. The molecule has 0 heterocycles. The third-order valence-corrected chi connectivity index (χ3v) is 1.57. The molecule has 1 aromatic carbocycles. The molecular formula is C7H6ClF2N. The van der Waals surface area contributed by atoms with Crippen LogP contribution in [0, 0.1) is 11.6 Å². The third kappa shape index (κ3) is 1.43. The third-order valence-electron chi connectivity index (χ3n) is 1.23. The molecule has 0 aromatic heterocycles. The molecule has 60 valence electrons. The highest BCUT2D eigenvalue weighted by Crippen LogP contribution is 2.24. The second-order valence-corrected chi connectivity index (χ2v) is 2.28. The smallest absolute Gasteiger partial charge is 0.167 e. The maximum Gasteiger partial charge on any atom is 0.167 e. The minimum absolute atomic E-state index is 0.0383. The zero-order valence-corrected chi connectivity index (χ0v) is 6.25. The quantitative estimate of drug-likeness (QED) is 0.652. The van der Waals surface area contributed by atoms with Crippen molar-refractivity contribution in [3.05, 3.63) is 28.8 Å². The normalized spacial score (nSPS) is 11.0. The first-order chi connectivity index (χ1) is 5.66. The van der Waals surface area contributed by atoms with E-state index >= 15 is 0 Å². The molecule has 0 spiro atoms. The molecule has 1 N–H and O–H groups in total. The van der Waals surface area contributed by atoms with E-state index in [0.29, 0.717) is 0 Å². The Morgan fingerprint density at radius 3 is 2.91 bits per heavy atom. The molecule has 0 unspecified atom stereocenters. The van der Waals surface area contributed by atoms with Gasteiger partial charge in [0.25, 0.3) is 0 Å². The molecular weight excluding hydrogens is 172 g/mol. The lowest BCUT2D eigenvalue weighted by Crippen LogP contribution is -1.94. The average molecular weight is 179 g/mol. The topological polar surface area (TPSA) is 12.0 Å². The fourth-order valence-electron chi connectivity index (χ4n) is 0.662. The number of hydrogen-bond donors (Lipinski definition) is 1. The van der Waals surface area contributed by atoms with E-state index in [4.69, 9.17) is 13.0 Å². The molecule has 0 fully saturated rings. The van der Waals surface area contributed by atoms with Crippen LogP contribution in [0.4, 0.5) is 14.5 Å². The summed E-state index contributed by atoms with van der Waals surface area (Å²) in [6.45, 7) is 0. The van der Waals surface area contributed by atoms with Crippen molar-refractivity contribution in [3.63, 3.8) is 0 Å². The van der Waals surface area contributed by atoms with Gasteiger partial charge >= 0.3 is 0 Å². The van der Waals surface area contributed by atoms with E-state index in [1.165, 1.54) is 6.07 Å². The summed E-state index contributed by atoms with van der Waals surface area (Å²) in [5.74, 6) is -1.66. The zero-order valence-electron chi connectivity index (χ0n) is 6.50. The Hall–Kier alpha value is -0.830. The average Bonchev–Trinajstić information content (AvgIpc) is 2.07. The highest BCUT2D eigenvalue weighted by Gasteiger charge is 2.09. The number of benzene rings is 1. The van der Waals surface area contributed by atoms with Gasteiger partial charge in [0.15, 0.2) is 5.82 Å². The van der Waals surface area contributed by atoms with Crippen molar-refractivity contribution >= 4 is 17.3 Å². The molecule has 0 saturated heterocycles. The van der Waals surface area contributed by atoms with Gasteiger partial charge in [-0.15, -0.1) is 0 Å². The van der Waals surface area contributed by atoms with E-state index in [1.54, 1.807) is 0 Å². The molecule has 0 saturated carbocycles. The first-order valence-electron chi connectivity index (χ1n) is 3.54. The number of nitrogens with one attached hydrogen (secondary N) is 1. The number of hydrogen-bond acceptors (Lipinski definition) is 1. The summed E-state index contributed by atoms with van der Waals surface area (Å²) in [4.78, 5) is 0. The van der Waals surface area contributed by atoms with Crippen molar-refractivity contribution in [2.45, 2.75) is 0 Å². The largest absolute Gasteiger partial charge is 0.386 e. The fraction of sp³-hybridized carbons (Fsp3) is 0.143. The van der Waals surface area contributed by atoms with Crippen LogP contribution in [0.1, 0.15) is 1.37 Å². The summed E-state index contributed by atoms with van der Waals surface area (Å²) >= 11 is 5.27. The highest BCUT2D eigenvalue weighted by atomic mass is 35.5. The van der Waals surface area contributed by atoms with E-state index in [1.807, 2.05) is 0 Å². The SMILES string of the molecule is [2H]CNc1ccc(F)c(Cl)c1F. The Balaban J connectivity index is 3.08. The Morgan fingerprint density at radius 2 is 2.27 bits per heavy atom. The summed E-state index contributed by atoms with van der Waals surface area (Å²) in [7, 11) is -0.182. The fourth-order valence-corrected chi connectivity index (χ4v) is 0.827. The standard InChI is InChI=1S/C7H6ClF2N/c1-11-5-3-2-4(9)6(8)7(5)10/h2-3,11H,1H3/i1D. The van der Waals surface area contributed by atoms with Gasteiger partial charge in [-0.1, -0.05) is 11.6 Å². The molecule has 0 atom stereocenters. The Morgan fingerprint density at radius 1 is 1.55 bits per heavy atom. The van der Waals surface area contributed by atoms with E-state index in [-0.39, 0.29) is 12.7 Å². The van der Waals surface area contributed by atoms with E-state index in [9.17, 15) is 8.78 Å². The van der Waals surface area contributed by atoms with Crippen LogP contribution in [0.25, 0.3) is 0 Å². The van der Waals surface area contributed by atoms with Crippen molar-refractivity contribution in [2.24, 2.45) is 0 Å². The highest BCUT2D eigenvalue weighted by molar-refractivity contribution is 6.31. The number of anilines is 1. The molecule has 0 bridgehead atoms.